The lowest BCUT2D eigenvalue weighted by molar-refractivity contribution is 0.402. The van der Waals surface area contributed by atoms with Crippen molar-refractivity contribution in [1.29, 1.82) is 0 Å². The first-order valence-electron chi connectivity index (χ1n) is 8.59. The van der Waals surface area contributed by atoms with E-state index in [1.54, 1.807) is 31.4 Å². The number of rotatable bonds is 3. The summed E-state index contributed by atoms with van der Waals surface area (Å²) in [5, 5.41) is 30.5. The molecule has 4 heteroatoms. The number of aromatic hydroxyl groups is 3. The second kappa shape index (κ2) is 6.30. The summed E-state index contributed by atoms with van der Waals surface area (Å²) < 4.78 is 5.53. The predicted octanol–water partition coefficient (Wildman–Crippen LogP) is 4.17. The third-order valence-corrected chi connectivity index (χ3v) is 5.05. The molecular formula is C22H20O4. The van der Waals surface area contributed by atoms with Crippen LogP contribution in [0, 0.1) is 0 Å². The molecule has 0 atom stereocenters. The van der Waals surface area contributed by atoms with Gasteiger partial charge >= 0.3 is 0 Å². The van der Waals surface area contributed by atoms with Crippen molar-refractivity contribution in [2.75, 3.05) is 7.11 Å². The third-order valence-electron chi connectivity index (χ3n) is 5.05. The van der Waals surface area contributed by atoms with Gasteiger partial charge in [-0.15, -0.1) is 0 Å². The van der Waals surface area contributed by atoms with Crippen LogP contribution in [-0.4, -0.2) is 22.4 Å². The topological polar surface area (TPSA) is 69.9 Å². The number of benzene rings is 3. The predicted molar refractivity (Wildman–Crippen MR) is 100 cm³/mol. The summed E-state index contributed by atoms with van der Waals surface area (Å²) in [6.45, 7) is 0. The van der Waals surface area contributed by atoms with E-state index in [4.69, 9.17) is 4.74 Å². The lowest BCUT2D eigenvalue weighted by atomic mass is 9.80. The molecule has 0 aliphatic heterocycles. The molecule has 0 saturated carbocycles. The molecular weight excluding hydrogens is 328 g/mol. The monoisotopic (exact) mass is 348 g/mol. The molecule has 0 bridgehead atoms. The Hall–Kier alpha value is -3.14. The van der Waals surface area contributed by atoms with Crippen molar-refractivity contribution in [1.82, 2.24) is 0 Å². The van der Waals surface area contributed by atoms with Crippen LogP contribution >= 0.6 is 0 Å². The van der Waals surface area contributed by atoms with Crippen molar-refractivity contribution in [2.45, 2.75) is 19.3 Å². The van der Waals surface area contributed by atoms with E-state index in [2.05, 4.69) is 0 Å². The Bertz CT molecular complexity index is 974. The van der Waals surface area contributed by atoms with Crippen LogP contribution in [0.5, 0.6) is 23.0 Å². The van der Waals surface area contributed by atoms with Gasteiger partial charge in [0.25, 0.3) is 0 Å². The second-order valence-electron chi connectivity index (χ2n) is 6.58. The van der Waals surface area contributed by atoms with Crippen LogP contribution < -0.4 is 4.74 Å². The van der Waals surface area contributed by atoms with E-state index < -0.39 is 0 Å². The Morgan fingerprint density at radius 3 is 2.38 bits per heavy atom. The van der Waals surface area contributed by atoms with Crippen LogP contribution in [0.15, 0.2) is 48.5 Å². The minimum Gasteiger partial charge on any atom is -0.508 e. The minimum absolute atomic E-state index is 0.119. The van der Waals surface area contributed by atoms with E-state index in [1.807, 2.05) is 24.3 Å². The van der Waals surface area contributed by atoms with E-state index in [-0.39, 0.29) is 17.2 Å². The average Bonchev–Trinajstić information content (AvgIpc) is 2.65. The first-order chi connectivity index (χ1) is 12.6. The molecule has 3 N–H and O–H groups in total. The molecule has 26 heavy (non-hydrogen) atoms. The fourth-order valence-corrected chi connectivity index (χ4v) is 3.83. The van der Waals surface area contributed by atoms with Gasteiger partial charge in [0.2, 0.25) is 0 Å². The van der Waals surface area contributed by atoms with Gasteiger partial charge in [-0.2, -0.15) is 0 Å². The van der Waals surface area contributed by atoms with Gasteiger partial charge in [0, 0.05) is 29.2 Å². The largest absolute Gasteiger partial charge is 0.508 e. The smallest absolute Gasteiger partial charge is 0.127 e. The number of aryl methyl sites for hydroxylation is 1. The van der Waals surface area contributed by atoms with Gasteiger partial charge < -0.3 is 20.1 Å². The van der Waals surface area contributed by atoms with Crippen LogP contribution in [0.2, 0.25) is 0 Å². The van der Waals surface area contributed by atoms with E-state index in [0.717, 1.165) is 35.1 Å². The second-order valence-corrected chi connectivity index (χ2v) is 6.58. The van der Waals surface area contributed by atoms with E-state index in [1.165, 1.54) is 0 Å². The number of phenolic OH excluding ortho intramolecular Hbond substituents is 3. The van der Waals surface area contributed by atoms with Crippen molar-refractivity contribution >= 4 is 0 Å². The van der Waals surface area contributed by atoms with Crippen LogP contribution in [-0.2, 0) is 19.3 Å². The number of hydrogen-bond acceptors (Lipinski definition) is 4. The van der Waals surface area contributed by atoms with Crippen molar-refractivity contribution in [3.63, 3.8) is 0 Å². The highest BCUT2D eigenvalue weighted by atomic mass is 16.5. The van der Waals surface area contributed by atoms with E-state index in [0.29, 0.717) is 23.3 Å². The number of fused-ring (bicyclic) bond motifs is 3. The Labute approximate surface area is 151 Å². The van der Waals surface area contributed by atoms with Gasteiger partial charge in [-0.1, -0.05) is 24.3 Å². The maximum Gasteiger partial charge on any atom is 0.127 e. The van der Waals surface area contributed by atoms with E-state index in [9.17, 15) is 15.3 Å². The summed E-state index contributed by atoms with van der Waals surface area (Å²) >= 11 is 0. The van der Waals surface area contributed by atoms with Crippen LogP contribution in [0.3, 0.4) is 0 Å². The lowest BCUT2D eigenvalue weighted by Gasteiger charge is -2.26. The summed E-state index contributed by atoms with van der Waals surface area (Å²) in [6, 6.07) is 14.2. The lowest BCUT2D eigenvalue weighted by Crippen LogP contribution is -2.09. The van der Waals surface area contributed by atoms with Gasteiger partial charge in [0.05, 0.1) is 7.11 Å². The maximum atomic E-state index is 10.6. The molecule has 0 heterocycles. The Kier molecular flexibility index (Phi) is 3.96. The minimum atomic E-state index is 0.119. The SMILES string of the molecule is COc1cc(O)c2c(c1Cc1ccc(O)cc1)CCc1cccc(O)c1-2. The standard InChI is InChI=1S/C22H20O4/c1-26-20-12-19(25)22-16(10-7-14-3-2-4-18(24)21(14)22)17(20)11-13-5-8-15(23)9-6-13/h2-6,8-9,12,23-25H,7,10-11H2,1H3. The quantitative estimate of drug-likeness (QED) is 0.664. The molecule has 1 aliphatic carbocycles. The maximum absolute atomic E-state index is 10.6. The van der Waals surface area contributed by atoms with Gasteiger partial charge in [-0.05, 0) is 47.7 Å². The van der Waals surface area contributed by atoms with Crippen molar-refractivity contribution in [3.8, 4) is 34.1 Å². The average molecular weight is 348 g/mol. The van der Waals surface area contributed by atoms with Crippen molar-refractivity contribution in [2.24, 2.45) is 0 Å². The first kappa shape index (κ1) is 16.3. The Morgan fingerprint density at radius 2 is 1.65 bits per heavy atom. The fourth-order valence-electron chi connectivity index (χ4n) is 3.83. The molecule has 3 aromatic rings. The number of ether oxygens (including phenoxy) is 1. The van der Waals surface area contributed by atoms with Crippen molar-refractivity contribution in [3.05, 3.63) is 70.8 Å². The summed E-state index contributed by atoms with van der Waals surface area (Å²) in [7, 11) is 1.59. The summed E-state index contributed by atoms with van der Waals surface area (Å²) in [4.78, 5) is 0. The number of phenols is 3. The molecule has 4 rings (SSSR count). The number of methoxy groups -OCH3 is 1. The van der Waals surface area contributed by atoms with Gasteiger partial charge in [0.15, 0.2) is 0 Å². The third kappa shape index (κ3) is 2.64. The summed E-state index contributed by atoms with van der Waals surface area (Å²) in [5.41, 5.74) is 5.48. The van der Waals surface area contributed by atoms with E-state index >= 15 is 0 Å². The molecule has 0 aromatic heterocycles. The molecule has 3 aromatic carbocycles. The molecule has 132 valence electrons. The highest BCUT2D eigenvalue weighted by Gasteiger charge is 2.27. The molecule has 0 unspecified atom stereocenters. The number of hydrogen-bond donors (Lipinski definition) is 3. The molecule has 0 spiro atoms. The molecule has 0 amide bonds. The highest BCUT2D eigenvalue weighted by Crippen LogP contribution is 2.48. The summed E-state index contributed by atoms with van der Waals surface area (Å²) in [5.74, 6) is 1.16. The Morgan fingerprint density at radius 1 is 0.885 bits per heavy atom. The highest BCUT2D eigenvalue weighted by molar-refractivity contribution is 5.84. The van der Waals surface area contributed by atoms with Gasteiger partial charge in [-0.3, -0.25) is 0 Å². The molecule has 0 radical (unpaired) electrons. The molecule has 1 aliphatic rings. The van der Waals surface area contributed by atoms with Gasteiger partial charge in [0.1, 0.15) is 23.0 Å². The molecule has 0 saturated heterocycles. The first-order valence-corrected chi connectivity index (χ1v) is 8.59. The Balaban J connectivity index is 1.91. The normalized spacial score (nSPS) is 12.3. The van der Waals surface area contributed by atoms with Gasteiger partial charge in [-0.25, -0.2) is 0 Å². The van der Waals surface area contributed by atoms with Crippen LogP contribution in [0.1, 0.15) is 22.3 Å². The fraction of sp³-hybridized carbons (Fsp3) is 0.182. The molecule has 4 nitrogen and oxygen atoms in total. The summed E-state index contributed by atoms with van der Waals surface area (Å²) in [6.07, 6.45) is 2.19. The van der Waals surface area contributed by atoms with Crippen LogP contribution in [0.25, 0.3) is 11.1 Å². The van der Waals surface area contributed by atoms with Crippen LogP contribution in [0.4, 0.5) is 0 Å². The van der Waals surface area contributed by atoms with Crippen molar-refractivity contribution < 1.29 is 20.1 Å². The molecule has 0 fully saturated rings. The zero-order valence-corrected chi connectivity index (χ0v) is 14.5. The zero-order chi connectivity index (χ0) is 18.3. The zero-order valence-electron chi connectivity index (χ0n) is 14.5.